The van der Waals surface area contributed by atoms with Crippen LogP contribution in [0.5, 0.6) is 0 Å². The molecule has 0 fully saturated rings. The molecule has 2 aromatic heterocycles. The highest BCUT2D eigenvalue weighted by molar-refractivity contribution is 5.58. The van der Waals surface area contributed by atoms with Gasteiger partial charge in [-0.15, -0.1) is 0 Å². The lowest BCUT2D eigenvalue weighted by molar-refractivity contribution is 0.149. The first kappa shape index (κ1) is 17.8. The minimum atomic E-state index is -2.42. The zero-order chi connectivity index (χ0) is 18.5. The van der Waals surface area contributed by atoms with Crippen molar-refractivity contribution in [2.24, 2.45) is 0 Å². The van der Waals surface area contributed by atoms with Crippen LogP contribution in [0.3, 0.4) is 0 Å². The van der Waals surface area contributed by atoms with Gasteiger partial charge in [-0.1, -0.05) is 12.1 Å². The number of alkyl halides is 2. The maximum absolute atomic E-state index is 13.0. The van der Waals surface area contributed by atoms with Gasteiger partial charge in [0.25, 0.3) is 0 Å². The Kier molecular flexibility index (Phi) is 5.46. The molecule has 0 saturated carbocycles. The number of rotatable bonds is 6. The molecular weight excluding hydrogens is 341 g/mol. The molecule has 2 heterocycles. The van der Waals surface area contributed by atoms with E-state index in [-0.39, 0.29) is 18.3 Å². The number of pyridine rings is 1. The van der Waals surface area contributed by atoms with Crippen LogP contribution in [0.1, 0.15) is 24.1 Å². The molecule has 1 N–H and O–H groups in total. The van der Waals surface area contributed by atoms with Gasteiger partial charge in [0.1, 0.15) is 11.6 Å². The second kappa shape index (κ2) is 7.95. The molecule has 26 heavy (non-hydrogen) atoms. The van der Waals surface area contributed by atoms with Crippen molar-refractivity contribution in [3.05, 3.63) is 72.1 Å². The van der Waals surface area contributed by atoms with Gasteiger partial charge in [0.2, 0.25) is 6.43 Å². The van der Waals surface area contributed by atoms with Gasteiger partial charge in [0, 0.05) is 30.4 Å². The van der Waals surface area contributed by atoms with Crippen molar-refractivity contribution in [3.63, 3.8) is 0 Å². The second-order valence-electron chi connectivity index (χ2n) is 5.88. The molecule has 3 rings (SSSR count). The third-order valence-electron chi connectivity index (χ3n) is 3.87. The average Bonchev–Trinajstić information content (AvgIpc) is 2.62. The summed E-state index contributed by atoms with van der Waals surface area (Å²) < 4.78 is 38.0. The quantitative estimate of drug-likeness (QED) is 0.696. The summed E-state index contributed by atoms with van der Waals surface area (Å²) >= 11 is 0. The van der Waals surface area contributed by atoms with Crippen LogP contribution in [0.2, 0.25) is 0 Å². The molecular formula is C19H17F3N4. The zero-order valence-corrected chi connectivity index (χ0v) is 14.0. The number of halogens is 3. The Hall–Kier alpha value is -2.96. The maximum Gasteiger partial charge on any atom is 0.242 e. The van der Waals surface area contributed by atoms with Crippen molar-refractivity contribution in [2.45, 2.75) is 25.8 Å². The molecule has 0 amide bonds. The third-order valence-corrected chi connectivity index (χ3v) is 3.87. The predicted molar refractivity (Wildman–Crippen MR) is 93.4 cm³/mol. The molecule has 0 bridgehead atoms. The first-order valence-electron chi connectivity index (χ1n) is 8.08. The largest absolute Gasteiger partial charge is 0.362 e. The van der Waals surface area contributed by atoms with Crippen molar-refractivity contribution >= 4 is 5.82 Å². The van der Waals surface area contributed by atoms with Gasteiger partial charge in [0.05, 0.1) is 18.1 Å². The van der Waals surface area contributed by atoms with E-state index >= 15 is 0 Å². The summed E-state index contributed by atoms with van der Waals surface area (Å²) in [4.78, 5) is 12.6. The van der Waals surface area contributed by atoms with Crippen molar-refractivity contribution < 1.29 is 13.2 Å². The van der Waals surface area contributed by atoms with Crippen molar-refractivity contribution in [1.29, 1.82) is 0 Å². The lowest BCUT2D eigenvalue weighted by Gasteiger charge is -2.15. The van der Waals surface area contributed by atoms with Crippen LogP contribution in [0.25, 0.3) is 11.3 Å². The van der Waals surface area contributed by atoms with Crippen molar-refractivity contribution in [2.75, 3.05) is 5.32 Å². The summed E-state index contributed by atoms with van der Waals surface area (Å²) in [6.45, 7) is 1.93. The lowest BCUT2D eigenvalue weighted by Crippen LogP contribution is -2.08. The van der Waals surface area contributed by atoms with E-state index in [4.69, 9.17) is 0 Å². The Morgan fingerprint density at radius 3 is 2.42 bits per heavy atom. The van der Waals surface area contributed by atoms with Gasteiger partial charge in [-0.05, 0) is 36.2 Å². The fourth-order valence-corrected chi connectivity index (χ4v) is 2.53. The predicted octanol–water partition coefficient (Wildman–Crippen LogP) is 4.66. The second-order valence-corrected chi connectivity index (χ2v) is 5.88. The summed E-state index contributed by atoms with van der Waals surface area (Å²) in [6, 6.07) is 7.77. The van der Waals surface area contributed by atoms with E-state index in [1.165, 1.54) is 18.3 Å². The average molecular weight is 358 g/mol. The fraction of sp³-hybridized carbons (Fsp3) is 0.211. The van der Waals surface area contributed by atoms with Gasteiger partial charge >= 0.3 is 0 Å². The molecule has 0 spiro atoms. The number of hydrogen-bond donors (Lipinski definition) is 1. The Bertz CT molecular complexity index is 851. The summed E-state index contributed by atoms with van der Waals surface area (Å²) in [6.07, 6.45) is 3.34. The van der Waals surface area contributed by atoms with E-state index in [0.29, 0.717) is 22.6 Å². The zero-order valence-electron chi connectivity index (χ0n) is 14.0. The highest BCUT2D eigenvalue weighted by Crippen LogP contribution is 2.21. The van der Waals surface area contributed by atoms with Crippen LogP contribution in [0.4, 0.5) is 19.0 Å². The van der Waals surface area contributed by atoms with Gasteiger partial charge < -0.3 is 5.32 Å². The number of aromatic nitrogens is 3. The summed E-state index contributed by atoms with van der Waals surface area (Å²) in [5, 5.41) is 3.18. The lowest BCUT2D eigenvalue weighted by atomic mass is 10.1. The molecule has 1 unspecified atom stereocenters. The van der Waals surface area contributed by atoms with Crippen LogP contribution in [0.15, 0.2) is 55.1 Å². The van der Waals surface area contributed by atoms with Crippen molar-refractivity contribution in [1.82, 2.24) is 15.0 Å². The molecule has 3 aromatic rings. The van der Waals surface area contributed by atoms with E-state index in [1.807, 2.05) is 6.92 Å². The summed E-state index contributed by atoms with van der Waals surface area (Å²) in [5.74, 6) is 0.273. The molecule has 0 aliphatic carbocycles. The number of hydrogen-bond acceptors (Lipinski definition) is 4. The third kappa shape index (κ3) is 4.56. The van der Waals surface area contributed by atoms with E-state index in [1.54, 1.807) is 36.8 Å². The van der Waals surface area contributed by atoms with Crippen LogP contribution in [-0.2, 0) is 6.42 Å². The molecule has 7 heteroatoms. The first-order chi connectivity index (χ1) is 12.5. The molecule has 0 aliphatic heterocycles. The number of anilines is 1. The molecule has 0 aliphatic rings. The van der Waals surface area contributed by atoms with Gasteiger partial charge in [-0.3, -0.25) is 9.97 Å². The topological polar surface area (TPSA) is 50.7 Å². The smallest absolute Gasteiger partial charge is 0.242 e. The van der Waals surface area contributed by atoms with Gasteiger partial charge in [-0.25, -0.2) is 18.2 Å². The Labute approximate surface area is 149 Å². The van der Waals surface area contributed by atoms with Crippen LogP contribution in [-0.4, -0.2) is 21.4 Å². The van der Waals surface area contributed by atoms with Crippen molar-refractivity contribution in [3.8, 4) is 11.3 Å². The molecule has 0 saturated heterocycles. The standard InChI is InChI=1S/C19H17F3N4/c1-12(14-2-4-16(20)5-3-14)26-19-11-24-17(10-25-19)15-6-13(7-18(21)22)8-23-9-15/h2-6,8-12,18H,7H2,1H3,(H,25,26). The Morgan fingerprint density at radius 1 is 1.00 bits per heavy atom. The van der Waals surface area contributed by atoms with Crippen LogP contribution < -0.4 is 5.32 Å². The van der Waals surface area contributed by atoms with E-state index in [9.17, 15) is 13.2 Å². The summed E-state index contributed by atoms with van der Waals surface area (Å²) in [7, 11) is 0. The van der Waals surface area contributed by atoms with Crippen LogP contribution >= 0.6 is 0 Å². The molecule has 134 valence electrons. The molecule has 1 atom stereocenters. The molecule has 1 aromatic carbocycles. The van der Waals surface area contributed by atoms with E-state index in [2.05, 4.69) is 20.3 Å². The van der Waals surface area contributed by atoms with Gasteiger partial charge in [0.15, 0.2) is 0 Å². The van der Waals surface area contributed by atoms with E-state index < -0.39 is 6.43 Å². The molecule has 4 nitrogen and oxygen atoms in total. The monoisotopic (exact) mass is 358 g/mol. The highest BCUT2D eigenvalue weighted by Gasteiger charge is 2.09. The van der Waals surface area contributed by atoms with Gasteiger partial charge in [-0.2, -0.15) is 0 Å². The minimum Gasteiger partial charge on any atom is -0.362 e. The highest BCUT2D eigenvalue weighted by atomic mass is 19.3. The SMILES string of the molecule is CC(Nc1cnc(-c2cncc(CC(F)F)c2)cn1)c1ccc(F)cc1. The minimum absolute atomic E-state index is 0.0770. The number of nitrogens with one attached hydrogen (secondary N) is 1. The normalized spacial score (nSPS) is 12.2. The Morgan fingerprint density at radius 2 is 1.77 bits per heavy atom. The first-order valence-corrected chi connectivity index (χ1v) is 8.08. The van der Waals surface area contributed by atoms with E-state index in [0.717, 1.165) is 5.56 Å². The molecule has 0 radical (unpaired) electrons. The maximum atomic E-state index is 13.0. The fourth-order valence-electron chi connectivity index (χ4n) is 2.53. The number of nitrogens with zero attached hydrogens (tertiary/aromatic N) is 3. The Balaban J connectivity index is 1.71. The summed E-state index contributed by atoms with van der Waals surface area (Å²) in [5.41, 5.74) is 2.55. The van der Waals surface area contributed by atoms with Crippen LogP contribution in [0, 0.1) is 5.82 Å². The number of benzene rings is 1.